The zero-order valence-electron chi connectivity index (χ0n) is 21.2. The quantitative estimate of drug-likeness (QED) is 0.233. The van der Waals surface area contributed by atoms with Crippen molar-refractivity contribution in [3.63, 3.8) is 0 Å². The first kappa shape index (κ1) is 25.9. The van der Waals surface area contributed by atoms with E-state index in [1.54, 1.807) is 12.1 Å². The number of carbonyl (C=O) groups excluding carboxylic acids is 2. The summed E-state index contributed by atoms with van der Waals surface area (Å²) in [6.07, 6.45) is 0. The molecule has 0 bridgehead atoms. The Kier molecular flexibility index (Phi) is 6.71. The third-order valence-corrected chi connectivity index (χ3v) is 6.51. The van der Waals surface area contributed by atoms with Crippen LogP contribution in [-0.2, 0) is 16.8 Å². The van der Waals surface area contributed by atoms with Crippen LogP contribution in [0.1, 0.15) is 31.8 Å². The first-order valence-corrected chi connectivity index (χ1v) is 12.5. The molecule has 10 nitrogen and oxygen atoms in total. The summed E-state index contributed by atoms with van der Waals surface area (Å²) in [4.78, 5) is 47.4. The molecule has 4 N–H and O–H groups in total. The molecule has 0 saturated carbocycles. The van der Waals surface area contributed by atoms with Crippen LogP contribution in [-0.4, -0.2) is 43.4 Å². The van der Waals surface area contributed by atoms with Crippen LogP contribution < -0.4 is 10.6 Å². The SMILES string of the molecule is O=C1N/C(=N/c2nc3ccccc3[nH]2)c2ccccc21.O=C1N/C(=N\c2nc3ccccc3[nH]2)c2ccccc21.[Co]. The van der Waals surface area contributed by atoms with E-state index in [1.807, 2.05) is 84.9 Å². The summed E-state index contributed by atoms with van der Waals surface area (Å²) in [6.45, 7) is 0. The molecule has 2 amide bonds. The number of rotatable bonds is 2. The Morgan fingerprint density at radius 3 is 1.27 bits per heavy atom. The summed E-state index contributed by atoms with van der Waals surface area (Å²) in [5.74, 6) is 1.77. The van der Waals surface area contributed by atoms with Crippen molar-refractivity contribution in [3.05, 3.63) is 119 Å². The van der Waals surface area contributed by atoms with Crippen LogP contribution in [0.3, 0.4) is 0 Å². The number of hydrogen-bond acceptors (Lipinski definition) is 6. The van der Waals surface area contributed by atoms with Gasteiger partial charge in [0.05, 0.1) is 33.2 Å². The van der Waals surface area contributed by atoms with Gasteiger partial charge in [0.2, 0.25) is 11.9 Å². The first-order valence-electron chi connectivity index (χ1n) is 12.5. The minimum Gasteiger partial charge on any atom is -0.322 e. The van der Waals surface area contributed by atoms with Gasteiger partial charge in [-0.05, 0) is 36.4 Å². The molecule has 2 aromatic heterocycles. The van der Waals surface area contributed by atoms with E-state index in [4.69, 9.17) is 0 Å². The Bertz CT molecular complexity index is 1810. The van der Waals surface area contributed by atoms with Crippen molar-refractivity contribution in [2.24, 2.45) is 9.98 Å². The van der Waals surface area contributed by atoms with Crippen LogP contribution in [0.2, 0.25) is 0 Å². The third kappa shape index (κ3) is 4.91. The van der Waals surface area contributed by atoms with Crippen molar-refractivity contribution in [2.45, 2.75) is 0 Å². The normalized spacial score (nSPS) is 15.2. The van der Waals surface area contributed by atoms with Crippen LogP contribution >= 0.6 is 0 Å². The molecule has 201 valence electrons. The molecular weight excluding hydrogens is 563 g/mol. The monoisotopic (exact) mass is 583 g/mol. The van der Waals surface area contributed by atoms with Crippen LogP contribution in [0.15, 0.2) is 107 Å². The molecule has 2 aliphatic rings. The second-order valence-electron chi connectivity index (χ2n) is 9.08. The maximum absolute atomic E-state index is 11.8. The van der Waals surface area contributed by atoms with Crippen LogP contribution in [0.4, 0.5) is 11.9 Å². The summed E-state index contributed by atoms with van der Waals surface area (Å²) in [5.41, 5.74) is 6.43. The number of benzene rings is 4. The minimum atomic E-state index is -0.129. The Balaban J connectivity index is 0.000000144. The number of amides is 2. The summed E-state index contributed by atoms with van der Waals surface area (Å²) in [7, 11) is 0. The second kappa shape index (κ2) is 10.6. The fourth-order valence-corrected chi connectivity index (χ4v) is 4.63. The molecule has 0 unspecified atom stereocenters. The van der Waals surface area contributed by atoms with E-state index in [1.165, 1.54) is 0 Å². The van der Waals surface area contributed by atoms with E-state index in [0.29, 0.717) is 34.7 Å². The van der Waals surface area contributed by atoms with Crippen LogP contribution in [0.25, 0.3) is 22.1 Å². The van der Waals surface area contributed by atoms with Crippen LogP contribution in [0, 0.1) is 0 Å². The fraction of sp³-hybridized carbons (Fsp3) is 0. The molecule has 0 atom stereocenters. The molecule has 0 fully saturated rings. The molecule has 6 aromatic rings. The molecule has 0 aliphatic carbocycles. The maximum Gasteiger partial charge on any atom is 0.257 e. The summed E-state index contributed by atoms with van der Waals surface area (Å²) in [5, 5.41) is 5.53. The predicted octanol–water partition coefficient (Wildman–Crippen LogP) is 4.77. The van der Waals surface area contributed by atoms with E-state index < -0.39 is 0 Å². The second-order valence-corrected chi connectivity index (χ2v) is 9.08. The Morgan fingerprint density at radius 1 is 0.488 bits per heavy atom. The Hall–Kier alpha value is -5.39. The largest absolute Gasteiger partial charge is 0.322 e. The smallest absolute Gasteiger partial charge is 0.257 e. The van der Waals surface area contributed by atoms with Crippen molar-refractivity contribution in [1.29, 1.82) is 0 Å². The van der Waals surface area contributed by atoms with Crippen molar-refractivity contribution in [2.75, 3.05) is 0 Å². The molecule has 0 spiro atoms. The molecule has 0 saturated heterocycles. The van der Waals surface area contributed by atoms with Gasteiger partial charge in [-0.15, -0.1) is 0 Å². The Morgan fingerprint density at radius 2 is 0.854 bits per heavy atom. The number of aromatic amines is 2. The zero-order valence-corrected chi connectivity index (χ0v) is 22.2. The first-order chi connectivity index (χ1) is 19.6. The maximum atomic E-state index is 11.8. The van der Waals surface area contributed by atoms with Gasteiger partial charge in [0.15, 0.2) is 0 Å². The topological polar surface area (TPSA) is 140 Å². The van der Waals surface area contributed by atoms with Gasteiger partial charge in [0.1, 0.15) is 11.7 Å². The molecule has 41 heavy (non-hydrogen) atoms. The number of carbonyl (C=O) groups is 2. The number of H-pyrrole nitrogens is 2. The minimum absolute atomic E-state index is 0. The molecular formula is C30H20CoN8O2. The predicted molar refractivity (Wildman–Crippen MR) is 152 cm³/mol. The number of imidazole rings is 2. The number of para-hydroxylation sites is 4. The van der Waals surface area contributed by atoms with E-state index in [9.17, 15) is 9.59 Å². The summed E-state index contributed by atoms with van der Waals surface area (Å²) in [6, 6.07) is 30.2. The molecule has 4 heterocycles. The molecule has 8 rings (SSSR count). The van der Waals surface area contributed by atoms with Crippen LogP contribution in [0.5, 0.6) is 0 Å². The summed E-state index contributed by atoms with van der Waals surface area (Å²) < 4.78 is 0. The zero-order chi connectivity index (χ0) is 27.1. The van der Waals surface area contributed by atoms with Gasteiger partial charge in [-0.25, -0.2) is 9.97 Å². The number of aliphatic imine (C=N–C) groups is 2. The van der Waals surface area contributed by atoms with E-state index in [2.05, 4.69) is 40.6 Å². The van der Waals surface area contributed by atoms with Crippen molar-refractivity contribution >= 4 is 57.4 Å². The molecule has 4 aromatic carbocycles. The third-order valence-electron chi connectivity index (χ3n) is 6.51. The number of aromatic nitrogens is 4. The average Bonchev–Trinajstić information content (AvgIpc) is 3.73. The fourth-order valence-electron chi connectivity index (χ4n) is 4.63. The average molecular weight is 583 g/mol. The number of nitrogens with one attached hydrogen (secondary N) is 4. The molecule has 2 aliphatic heterocycles. The van der Waals surface area contributed by atoms with E-state index in [-0.39, 0.29) is 28.6 Å². The number of amidine groups is 2. The van der Waals surface area contributed by atoms with Gasteiger partial charge >= 0.3 is 0 Å². The Labute approximate surface area is 243 Å². The van der Waals surface area contributed by atoms with Gasteiger partial charge < -0.3 is 20.6 Å². The van der Waals surface area contributed by atoms with Gasteiger partial charge in [0.25, 0.3) is 11.8 Å². The molecule has 11 heteroatoms. The van der Waals surface area contributed by atoms with Gasteiger partial charge in [-0.3, -0.25) is 9.59 Å². The van der Waals surface area contributed by atoms with Crippen molar-refractivity contribution in [3.8, 4) is 0 Å². The van der Waals surface area contributed by atoms with Gasteiger partial charge in [-0.1, -0.05) is 60.7 Å². The van der Waals surface area contributed by atoms with Crippen molar-refractivity contribution in [1.82, 2.24) is 30.6 Å². The summed E-state index contributed by atoms with van der Waals surface area (Å²) >= 11 is 0. The number of nitrogens with zero attached hydrogens (tertiary/aromatic N) is 4. The van der Waals surface area contributed by atoms with Gasteiger partial charge in [0, 0.05) is 27.9 Å². The van der Waals surface area contributed by atoms with Gasteiger partial charge in [-0.2, -0.15) is 9.98 Å². The van der Waals surface area contributed by atoms with Crippen molar-refractivity contribution < 1.29 is 26.4 Å². The molecule has 1 radical (unpaired) electrons. The number of hydrogen-bond donors (Lipinski definition) is 4. The standard InChI is InChI=1S/2C15H10N4O.Co/c2*20-14-10-6-2-1-5-9(10)13(18-14)19-15-16-11-7-3-4-8-12(11)17-15;/h2*1-8H,(H2,16,17,18,19,20);. The number of fused-ring (bicyclic) bond motifs is 4. The van der Waals surface area contributed by atoms with E-state index in [0.717, 1.165) is 33.2 Å². The van der Waals surface area contributed by atoms with E-state index >= 15 is 0 Å².